The molecule has 0 saturated carbocycles. The van der Waals surface area contributed by atoms with Crippen molar-refractivity contribution in [3.05, 3.63) is 30.3 Å². The van der Waals surface area contributed by atoms with Gasteiger partial charge in [-0.05, 0) is 12.1 Å². The summed E-state index contributed by atoms with van der Waals surface area (Å²) in [5.74, 6) is 0.613. The average Bonchev–Trinajstić information content (AvgIpc) is 2.33. The number of carbonyl (C=O) groups is 1. The second kappa shape index (κ2) is 7.68. The molecule has 0 aromatic heterocycles. The molecule has 0 heterocycles. The van der Waals surface area contributed by atoms with Crippen molar-refractivity contribution in [1.82, 2.24) is 10.6 Å². The molecular weight excluding hydrogens is 216 g/mol. The van der Waals surface area contributed by atoms with Crippen LogP contribution in [0, 0.1) is 0 Å². The second-order valence-corrected chi connectivity index (χ2v) is 4.06. The van der Waals surface area contributed by atoms with Crippen LogP contribution in [0.25, 0.3) is 0 Å². The van der Waals surface area contributed by atoms with E-state index in [1.165, 1.54) is 0 Å². The largest absolute Gasteiger partial charge is 0.484 e. The Kier molecular flexibility index (Phi) is 6.10. The standard InChI is InChI=1S/C13H20N2O2/c1-11(2)14-8-9-15-13(16)10-17-12-6-4-3-5-7-12/h3-7,11,14H,8-10H2,1-2H3,(H,15,16). The van der Waals surface area contributed by atoms with Crippen LogP contribution < -0.4 is 15.4 Å². The first-order valence-corrected chi connectivity index (χ1v) is 5.86. The number of amides is 1. The van der Waals surface area contributed by atoms with Crippen LogP contribution in [0.15, 0.2) is 30.3 Å². The molecular formula is C13H20N2O2. The van der Waals surface area contributed by atoms with Gasteiger partial charge in [0, 0.05) is 19.1 Å². The summed E-state index contributed by atoms with van der Waals surface area (Å²) in [7, 11) is 0. The van der Waals surface area contributed by atoms with E-state index < -0.39 is 0 Å². The molecule has 0 radical (unpaired) electrons. The fourth-order valence-electron chi connectivity index (χ4n) is 1.28. The van der Waals surface area contributed by atoms with Crippen LogP contribution in [0.1, 0.15) is 13.8 Å². The summed E-state index contributed by atoms with van der Waals surface area (Å²) in [5, 5.41) is 6.00. The van der Waals surface area contributed by atoms with E-state index in [4.69, 9.17) is 4.74 Å². The molecule has 0 atom stereocenters. The topological polar surface area (TPSA) is 50.4 Å². The zero-order valence-corrected chi connectivity index (χ0v) is 10.4. The summed E-state index contributed by atoms with van der Waals surface area (Å²) in [6.45, 7) is 5.59. The highest BCUT2D eigenvalue weighted by Crippen LogP contribution is 2.07. The number of benzene rings is 1. The molecule has 1 aromatic rings. The van der Waals surface area contributed by atoms with Gasteiger partial charge in [-0.3, -0.25) is 4.79 Å². The van der Waals surface area contributed by atoms with E-state index in [0.717, 1.165) is 6.54 Å². The molecule has 1 aromatic carbocycles. The van der Waals surface area contributed by atoms with Crippen molar-refractivity contribution < 1.29 is 9.53 Å². The first kappa shape index (κ1) is 13.5. The summed E-state index contributed by atoms with van der Waals surface area (Å²) in [6, 6.07) is 9.75. The lowest BCUT2D eigenvalue weighted by Gasteiger charge is -2.09. The molecule has 1 rings (SSSR count). The van der Waals surface area contributed by atoms with E-state index in [-0.39, 0.29) is 12.5 Å². The van der Waals surface area contributed by atoms with Crippen molar-refractivity contribution in [2.45, 2.75) is 19.9 Å². The lowest BCUT2D eigenvalue weighted by Crippen LogP contribution is -2.36. The van der Waals surface area contributed by atoms with Crippen LogP contribution in [-0.2, 0) is 4.79 Å². The Balaban J connectivity index is 2.09. The van der Waals surface area contributed by atoms with Gasteiger partial charge in [0.05, 0.1) is 0 Å². The molecule has 0 aliphatic rings. The molecule has 0 aliphatic carbocycles. The minimum Gasteiger partial charge on any atom is -0.484 e. The lowest BCUT2D eigenvalue weighted by molar-refractivity contribution is -0.123. The third kappa shape index (κ3) is 6.58. The van der Waals surface area contributed by atoms with Crippen LogP contribution in [0.2, 0.25) is 0 Å². The number of hydrogen-bond acceptors (Lipinski definition) is 3. The summed E-state index contributed by atoms with van der Waals surface area (Å²) < 4.78 is 5.31. The molecule has 94 valence electrons. The Bertz CT molecular complexity index is 325. The molecule has 0 saturated heterocycles. The van der Waals surface area contributed by atoms with Crippen molar-refractivity contribution in [1.29, 1.82) is 0 Å². The minimum absolute atomic E-state index is 0.0612. The van der Waals surface area contributed by atoms with Crippen molar-refractivity contribution in [3.63, 3.8) is 0 Å². The monoisotopic (exact) mass is 236 g/mol. The van der Waals surface area contributed by atoms with E-state index in [0.29, 0.717) is 18.3 Å². The Hall–Kier alpha value is -1.55. The minimum atomic E-state index is -0.0978. The molecule has 0 unspecified atom stereocenters. The maximum absolute atomic E-state index is 11.4. The summed E-state index contributed by atoms with van der Waals surface area (Å²) in [6.07, 6.45) is 0. The molecule has 2 N–H and O–H groups in total. The van der Waals surface area contributed by atoms with E-state index in [1.54, 1.807) is 0 Å². The van der Waals surface area contributed by atoms with Gasteiger partial charge in [-0.25, -0.2) is 0 Å². The van der Waals surface area contributed by atoms with Crippen molar-refractivity contribution in [2.75, 3.05) is 19.7 Å². The lowest BCUT2D eigenvalue weighted by atomic mass is 10.3. The molecule has 4 nitrogen and oxygen atoms in total. The summed E-state index contributed by atoms with van der Waals surface area (Å²) in [5.41, 5.74) is 0. The summed E-state index contributed by atoms with van der Waals surface area (Å²) in [4.78, 5) is 11.4. The van der Waals surface area contributed by atoms with Crippen molar-refractivity contribution in [3.8, 4) is 5.75 Å². The highest BCUT2D eigenvalue weighted by atomic mass is 16.5. The van der Waals surface area contributed by atoms with Crippen molar-refractivity contribution >= 4 is 5.91 Å². The van der Waals surface area contributed by atoms with Gasteiger partial charge in [-0.15, -0.1) is 0 Å². The van der Waals surface area contributed by atoms with Gasteiger partial charge in [0.1, 0.15) is 5.75 Å². The Morgan fingerprint density at radius 1 is 1.24 bits per heavy atom. The fraction of sp³-hybridized carbons (Fsp3) is 0.462. The van der Waals surface area contributed by atoms with Gasteiger partial charge in [-0.2, -0.15) is 0 Å². The second-order valence-electron chi connectivity index (χ2n) is 4.06. The van der Waals surface area contributed by atoms with E-state index in [1.807, 2.05) is 30.3 Å². The van der Waals surface area contributed by atoms with Gasteiger partial charge < -0.3 is 15.4 Å². The van der Waals surface area contributed by atoms with Crippen LogP contribution in [0.4, 0.5) is 0 Å². The van der Waals surface area contributed by atoms with E-state index in [9.17, 15) is 4.79 Å². The van der Waals surface area contributed by atoms with Crippen LogP contribution in [0.3, 0.4) is 0 Å². The normalized spacial score (nSPS) is 10.3. The zero-order valence-electron chi connectivity index (χ0n) is 10.4. The quantitative estimate of drug-likeness (QED) is 0.699. The van der Waals surface area contributed by atoms with Gasteiger partial charge in [-0.1, -0.05) is 32.0 Å². The number of para-hydroxylation sites is 1. The molecule has 17 heavy (non-hydrogen) atoms. The molecule has 0 bridgehead atoms. The number of hydrogen-bond donors (Lipinski definition) is 2. The first-order chi connectivity index (χ1) is 8.18. The molecule has 0 fully saturated rings. The predicted molar refractivity (Wildman–Crippen MR) is 68.1 cm³/mol. The Labute approximate surface area is 102 Å². The maximum atomic E-state index is 11.4. The van der Waals surface area contributed by atoms with Crippen LogP contribution in [0.5, 0.6) is 5.75 Å². The highest BCUT2D eigenvalue weighted by molar-refractivity contribution is 5.77. The fourth-order valence-corrected chi connectivity index (χ4v) is 1.28. The van der Waals surface area contributed by atoms with Gasteiger partial charge in [0.25, 0.3) is 5.91 Å². The average molecular weight is 236 g/mol. The third-order valence-electron chi connectivity index (χ3n) is 2.11. The van der Waals surface area contributed by atoms with Gasteiger partial charge >= 0.3 is 0 Å². The van der Waals surface area contributed by atoms with Crippen LogP contribution >= 0.6 is 0 Å². The Morgan fingerprint density at radius 2 is 1.94 bits per heavy atom. The third-order valence-corrected chi connectivity index (χ3v) is 2.11. The van der Waals surface area contributed by atoms with E-state index >= 15 is 0 Å². The van der Waals surface area contributed by atoms with Gasteiger partial charge in [0.2, 0.25) is 0 Å². The summed E-state index contributed by atoms with van der Waals surface area (Å²) >= 11 is 0. The molecule has 1 amide bonds. The van der Waals surface area contributed by atoms with Crippen molar-refractivity contribution in [2.24, 2.45) is 0 Å². The SMILES string of the molecule is CC(C)NCCNC(=O)COc1ccccc1. The number of ether oxygens (including phenoxy) is 1. The number of rotatable bonds is 7. The number of carbonyl (C=O) groups excluding carboxylic acids is 1. The maximum Gasteiger partial charge on any atom is 0.257 e. The first-order valence-electron chi connectivity index (χ1n) is 5.86. The highest BCUT2D eigenvalue weighted by Gasteiger charge is 2.01. The smallest absolute Gasteiger partial charge is 0.257 e. The molecule has 4 heteroatoms. The van der Waals surface area contributed by atoms with Crippen LogP contribution in [-0.4, -0.2) is 31.6 Å². The zero-order chi connectivity index (χ0) is 12.5. The Morgan fingerprint density at radius 3 is 2.59 bits per heavy atom. The van der Waals surface area contributed by atoms with Gasteiger partial charge in [0.15, 0.2) is 6.61 Å². The molecule has 0 spiro atoms. The van der Waals surface area contributed by atoms with E-state index in [2.05, 4.69) is 24.5 Å². The predicted octanol–water partition coefficient (Wildman–Crippen LogP) is 1.18. The number of nitrogens with one attached hydrogen (secondary N) is 2. The molecule has 0 aliphatic heterocycles.